The molecule has 2 fully saturated rings. The number of methoxy groups -OCH3 is 1. The molecule has 0 radical (unpaired) electrons. The summed E-state index contributed by atoms with van der Waals surface area (Å²) in [5, 5.41) is 3.51. The fourth-order valence-corrected chi connectivity index (χ4v) is 2.10. The summed E-state index contributed by atoms with van der Waals surface area (Å²) in [4.78, 5) is 0. The van der Waals surface area contributed by atoms with E-state index < -0.39 is 0 Å². The van der Waals surface area contributed by atoms with E-state index >= 15 is 0 Å². The lowest BCUT2D eigenvalue weighted by Gasteiger charge is -2.56. The molecular formula is C8H15NO. The second-order valence-electron chi connectivity index (χ2n) is 3.54. The van der Waals surface area contributed by atoms with Crippen LogP contribution in [0, 0.1) is 5.92 Å². The van der Waals surface area contributed by atoms with Crippen molar-refractivity contribution in [3.63, 3.8) is 0 Å². The molecule has 1 aliphatic heterocycles. The van der Waals surface area contributed by atoms with Crippen molar-refractivity contribution < 1.29 is 4.74 Å². The van der Waals surface area contributed by atoms with Crippen LogP contribution in [0.15, 0.2) is 0 Å². The van der Waals surface area contributed by atoms with Crippen molar-refractivity contribution in [1.82, 2.24) is 5.32 Å². The molecule has 2 aliphatic rings. The van der Waals surface area contributed by atoms with Crippen LogP contribution in [0.3, 0.4) is 0 Å². The Balaban J connectivity index is 1.87. The third-order valence-electron chi connectivity index (χ3n) is 3.10. The summed E-state index contributed by atoms with van der Waals surface area (Å²) in [5.41, 5.74) is 0.538. The number of ether oxygens (including phenoxy) is 1. The highest BCUT2D eigenvalue weighted by Crippen LogP contribution is 2.43. The Bertz CT molecular complexity index is 126. The van der Waals surface area contributed by atoms with Crippen LogP contribution in [0.5, 0.6) is 0 Å². The largest absolute Gasteiger partial charge is 0.384 e. The monoisotopic (exact) mass is 141 g/mol. The minimum absolute atomic E-state index is 0.538. The van der Waals surface area contributed by atoms with Crippen LogP contribution >= 0.6 is 0 Å². The highest BCUT2D eigenvalue weighted by Gasteiger charge is 2.50. The lowest BCUT2D eigenvalue weighted by atomic mass is 9.63. The Labute approximate surface area is 61.9 Å². The zero-order valence-corrected chi connectivity index (χ0v) is 6.52. The van der Waals surface area contributed by atoms with E-state index in [0.29, 0.717) is 5.54 Å². The predicted octanol–water partition coefficient (Wildman–Crippen LogP) is 0.775. The summed E-state index contributed by atoms with van der Waals surface area (Å²) in [6.45, 7) is 2.13. The van der Waals surface area contributed by atoms with Gasteiger partial charge in [0.2, 0.25) is 0 Å². The first kappa shape index (κ1) is 6.62. The quantitative estimate of drug-likeness (QED) is 0.613. The van der Waals surface area contributed by atoms with Gasteiger partial charge in [-0.1, -0.05) is 0 Å². The molecule has 1 aliphatic carbocycles. The molecule has 1 saturated heterocycles. The van der Waals surface area contributed by atoms with Gasteiger partial charge in [0.15, 0.2) is 0 Å². The molecule has 0 aromatic carbocycles. The first-order valence-electron chi connectivity index (χ1n) is 4.11. The maximum absolute atomic E-state index is 5.14. The molecule has 0 aromatic rings. The van der Waals surface area contributed by atoms with Gasteiger partial charge in [-0.3, -0.25) is 0 Å². The van der Waals surface area contributed by atoms with Gasteiger partial charge < -0.3 is 10.1 Å². The molecule has 10 heavy (non-hydrogen) atoms. The van der Waals surface area contributed by atoms with Gasteiger partial charge in [0.25, 0.3) is 0 Å². The number of hydrogen-bond donors (Lipinski definition) is 1. The van der Waals surface area contributed by atoms with Crippen LogP contribution < -0.4 is 5.32 Å². The van der Waals surface area contributed by atoms with Gasteiger partial charge in [-0.05, 0) is 19.3 Å². The van der Waals surface area contributed by atoms with Gasteiger partial charge in [-0.2, -0.15) is 0 Å². The minimum Gasteiger partial charge on any atom is -0.384 e. The third-order valence-corrected chi connectivity index (χ3v) is 3.10. The highest BCUT2D eigenvalue weighted by molar-refractivity contribution is 5.08. The lowest BCUT2D eigenvalue weighted by molar-refractivity contribution is -0.0258. The van der Waals surface area contributed by atoms with Gasteiger partial charge in [0.05, 0.1) is 6.61 Å². The van der Waals surface area contributed by atoms with Crippen LogP contribution in [0.2, 0.25) is 0 Å². The minimum atomic E-state index is 0.538. The molecule has 1 saturated carbocycles. The van der Waals surface area contributed by atoms with Crippen LogP contribution in [0.25, 0.3) is 0 Å². The smallest absolute Gasteiger partial charge is 0.0520 e. The van der Waals surface area contributed by atoms with E-state index in [1.807, 2.05) is 0 Å². The highest BCUT2D eigenvalue weighted by atomic mass is 16.5. The predicted molar refractivity (Wildman–Crippen MR) is 40.0 cm³/mol. The van der Waals surface area contributed by atoms with Crippen molar-refractivity contribution in [2.24, 2.45) is 5.92 Å². The Morgan fingerprint density at radius 3 is 2.70 bits per heavy atom. The third kappa shape index (κ3) is 0.722. The van der Waals surface area contributed by atoms with E-state index in [-0.39, 0.29) is 0 Å². The number of nitrogens with one attached hydrogen (secondary N) is 1. The first-order chi connectivity index (χ1) is 4.87. The number of hydrogen-bond acceptors (Lipinski definition) is 2. The van der Waals surface area contributed by atoms with Crippen molar-refractivity contribution in [1.29, 1.82) is 0 Å². The molecule has 1 N–H and O–H groups in total. The summed E-state index contributed by atoms with van der Waals surface area (Å²) in [7, 11) is 1.80. The SMILES string of the molecule is COCC1CNC12CCC2. The maximum atomic E-state index is 5.14. The maximum Gasteiger partial charge on any atom is 0.0520 e. The molecular weight excluding hydrogens is 126 g/mol. The molecule has 2 rings (SSSR count). The van der Waals surface area contributed by atoms with Gasteiger partial charge in [0.1, 0.15) is 0 Å². The first-order valence-corrected chi connectivity index (χ1v) is 4.11. The van der Waals surface area contributed by atoms with E-state index in [1.165, 1.54) is 25.8 Å². The van der Waals surface area contributed by atoms with Crippen molar-refractivity contribution in [2.75, 3.05) is 20.3 Å². The van der Waals surface area contributed by atoms with Gasteiger partial charge >= 0.3 is 0 Å². The van der Waals surface area contributed by atoms with E-state index in [1.54, 1.807) is 7.11 Å². The van der Waals surface area contributed by atoms with Crippen molar-refractivity contribution in [3.05, 3.63) is 0 Å². The summed E-state index contributed by atoms with van der Waals surface area (Å²) in [6.07, 6.45) is 4.16. The second-order valence-corrected chi connectivity index (χ2v) is 3.54. The topological polar surface area (TPSA) is 21.3 Å². The molecule has 0 aromatic heterocycles. The summed E-state index contributed by atoms with van der Waals surface area (Å²) in [6, 6.07) is 0. The Hall–Kier alpha value is -0.0800. The van der Waals surface area contributed by atoms with Crippen LogP contribution in [0.4, 0.5) is 0 Å². The zero-order valence-electron chi connectivity index (χ0n) is 6.52. The lowest BCUT2D eigenvalue weighted by Crippen LogP contribution is -2.69. The Morgan fingerprint density at radius 2 is 2.40 bits per heavy atom. The van der Waals surface area contributed by atoms with Crippen LogP contribution in [-0.2, 0) is 4.74 Å². The molecule has 0 bridgehead atoms. The Morgan fingerprint density at radius 1 is 1.60 bits per heavy atom. The van der Waals surface area contributed by atoms with E-state index in [0.717, 1.165) is 12.5 Å². The summed E-state index contributed by atoms with van der Waals surface area (Å²) >= 11 is 0. The van der Waals surface area contributed by atoms with Crippen LogP contribution in [-0.4, -0.2) is 25.8 Å². The molecule has 1 atom stereocenters. The standard InChI is InChI=1S/C8H15NO/c1-10-6-7-5-9-8(7)3-2-4-8/h7,9H,2-6H2,1H3. The molecule has 2 nitrogen and oxygen atoms in total. The summed E-state index contributed by atoms with van der Waals surface area (Å²) in [5.74, 6) is 0.811. The molecule has 2 heteroatoms. The van der Waals surface area contributed by atoms with E-state index in [9.17, 15) is 0 Å². The zero-order chi connectivity index (χ0) is 7.03. The van der Waals surface area contributed by atoms with E-state index in [2.05, 4.69) is 5.32 Å². The number of rotatable bonds is 2. The fraction of sp³-hybridized carbons (Fsp3) is 1.00. The van der Waals surface area contributed by atoms with Gasteiger partial charge in [-0.15, -0.1) is 0 Å². The average Bonchev–Trinajstić information content (AvgIpc) is 1.77. The van der Waals surface area contributed by atoms with Crippen LogP contribution in [0.1, 0.15) is 19.3 Å². The van der Waals surface area contributed by atoms with E-state index in [4.69, 9.17) is 4.74 Å². The van der Waals surface area contributed by atoms with Crippen molar-refractivity contribution >= 4 is 0 Å². The van der Waals surface area contributed by atoms with Gasteiger partial charge in [0, 0.05) is 25.1 Å². The van der Waals surface area contributed by atoms with Crippen molar-refractivity contribution in [3.8, 4) is 0 Å². The normalized spacial score (nSPS) is 35.1. The summed E-state index contributed by atoms with van der Waals surface area (Å²) < 4.78 is 5.14. The molecule has 1 unspecified atom stereocenters. The van der Waals surface area contributed by atoms with Gasteiger partial charge in [-0.25, -0.2) is 0 Å². The molecule has 58 valence electrons. The molecule has 1 spiro atoms. The second kappa shape index (κ2) is 2.21. The Kier molecular flexibility index (Phi) is 1.46. The fourth-order valence-electron chi connectivity index (χ4n) is 2.10. The molecule has 0 amide bonds. The van der Waals surface area contributed by atoms with Crippen molar-refractivity contribution in [2.45, 2.75) is 24.8 Å². The molecule has 1 heterocycles. The average molecular weight is 141 g/mol.